The van der Waals surface area contributed by atoms with E-state index in [0.717, 1.165) is 5.56 Å². The van der Waals surface area contributed by atoms with Gasteiger partial charge in [0.15, 0.2) is 23.0 Å². The highest BCUT2D eigenvalue weighted by molar-refractivity contribution is 9.10. The first-order valence-electron chi connectivity index (χ1n) is 8.35. The fourth-order valence-electron chi connectivity index (χ4n) is 2.76. The second kappa shape index (κ2) is 8.77. The Bertz CT molecular complexity index is 983. The molecular formula is C18H19BrClNO6S. The van der Waals surface area contributed by atoms with Gasteiger partial charge in [-0.2, -0.15) is 0 Å². The second-order valence-electron chi connectivity index (χ2n) is 5.89. The van der Waals surface area contributed by atoms with Crippen molar-refractivity contribution in [1.29, 1.82) is 0 Å². The van der Waals surface area contributed by atoms with Gasteiger partial charge in [0.25, 0.3) is 0 Å². The molecule has 2 aromatic rings. The highest BCUT2D eigenvalue weighted by atomic mass is 79.9. The van der Waals surface area contributed by atoms with Crippen molar-refractivity contribution in [1.82, 2.24) is 4.72 Å². The van der Waals surface area contributed by atoms with Gasteiger partial charge < -0.3 is 18.9 Å². The van der Waals surface area contributed by atoms with Crippen LogP contribution in [0, 0.1) is 0 Å². The summed E-state index contributed by atoms with van der Waals surface area (Å²) in [5.41, 5.74) is 0.836. The molecule has 0 aliphatic carbocycles. The summed E-state index contributed by atoms with van der Waals surface area (Å²) in [6.07, 6.45) is 0.431. The fourth-order valence-corrected chi connectivity index (χ4v) is 5.11. The van der Waals surface area contributed by atoms with Crippen molar-refractivity contribution in [3.05, 3.63) is 39.3 Å². The first-order valence-corrected chi connectivity index (χ1v) is 11.0. The summed E-state index contributed by atoms with van der Waals surface area (Å²) >= 11 is 9.49. The minimum absolute atomic E-state index is 0.0605. The Morgan fingerprint density at radius 1 is 1.11 bits per heavy atom. The van der Waals surface area contributed by atoms with Gasteiger partial charge in [-0.1, -0.05) is 11.6 Å². The largest absolute Gasteiger partial charge is 0.493 e. The molecule has 3 rings (SSSR count). The van der Waals surface area contributed by atoms with E-state index < -0.39 is 10.0 Å². The van der Waals surface area contributed by atoms with Crippen LogP contribution >= 0.6 is 27.5 Å². The number of hydrogen-bond donors (Lipinski definition) is 1. The molecule has 7 nitrogen and oxygen atoms in total. The molecule has 1 heterocycles. The summed E-state index contributed by atoms with van der Waals surface area (Å²) in [4.78, 5) is 0.0605. The summed E-state index contributed by atoms with van der Waals surface area (Å²) in [5.74, 6) is 1.84. The maximum absolute atomic E-state index is 12.7. The highest BCUT2D eigenvalue weighted by Gasteiger charge is 2.21. The standard InChI is InChI=1S/C18H19BrClNO6S/c1-24-14-9-12(19)17(10-15(14)25-2)28(22,23)21-4-3-11-7-13(20)18-16(8-11)26-5-6-27-18/h7-10,21H,3-6H2,1-2H3. The van der Waals surface area contributed by atoms with E-state index in [2.05, 4.69) is 20.7 Å². The van der Waals surface area contributed by atoms with E-state index in [4.69, 9.17) is 30.5 Å². The number of halogens is 2. The topological polar surface area (TPSA) is 83.1 Å². The second-order valence-corrected chi connectivity index (χ2v) is 8.88. The highest BCUT2D eigenvalue weighted by Crippen LogP contribution is 2.38. The zero-order valence-corrected chi connectivity index (χ0v) is 18.4. The Balaban J connectivity index is 1.73. The van der Waals surface area contributed by atoms with E-state index in [-0.39, 0.29) is 11.4 Å². The molecule has 0 bridgehead atoms. The van der Waals surface area contributed by atoms with E-state index in [1.807, 2.05) is 0 Å². The zero-order valence-electron chi connectivity index (χ0n) is 15.3. The average Bonchev–Trinajstić information content (AvgIpc) is 2.67. The number of methoxy groups -OCH3 is 2. The lowest BCUT2D eigenvalue weighted by Crippen LogP contribution is -2.26. The molecule has 0 atom stereocenters. The molecule has 0 unspecified atom stereocenters. The average molecular weight is 493 g/mol. The molecule has 0 fully saturated rings. The Morgan fingerprint density at radius 3 is 2.50 bits per heavy atom. The Labute approximate surface area is 177 Å². The van der Waals surface area contributed by atoms with Crippen LogP contribution < -0.4 is 23.7 Å². The van der Waals surface area contributed by atoms with Crippen LogP contribution in [-0.4, -0.2) is 42.4 Å². The molecule has 0 spiro atoms. The molecule has 28 heavy (non-hydrogen) atoms. The monoisotopic (exact) mass is 491 g/mol. The van der Waals surface area contributed by atoms with E-state index >= 15 is 0 Å². The third-order valence-corrected chi connectivity index (χ3v) is 6.79. The van der Waals surface area contributed by atoms with Gasteiger partial charge in [0.05, 0.1) is 19.2 Å². The predicted molar refractivity (Wildman–Crippen MR) is 109 cm³/mol. The van der Waals surface area contributed by atoms with Crippen LogP contribution in [-0.2, 0) is 16.4 Å². The van der Waals surface area contributed by atoms with E-state index in [1.54, 1.807) is 18.2 Å². The van der Waals surface area contributed by atoms with Gasteiger partial charge in [-0.15, -0.1) is 0 Å². The van der Waals surface area contributed by atoms with Crippen LogP contribution in [0.3, 0.4) is 0 Å². The summed E-state index contributed by atoms with van der Waals surface area (Å²) in [7, 11) is -0.841. The van der Waals surface area contributed by atoms with Gasteiger partial charge in [0, 0.05) is 17.1 Å². The minimum atomic E-state index is -3.77. The van der Waals surface area contributed by atoms with Crippen molar-refractivity contribution < 1.29 is 27.4 Å². The predicted octanol–water partition coefficient (Wildman–Crippen LogP) is 3.41. The lowest BCUT2D eigenvalue weighted by atomic mass is 10.1. The van der Waals surface area contributed by atoms with Gasteiger partial charge in [0.1, 0.15) is 18.1 Å². The molecule has 1 aliphatic heterocycles. The van der Waals surface area contributed by atoms with Gasteiger partial charge in [0.2, 0.25) is 10.0 Å². The molecule has 2 aromatic carbocycles. The van der Waals surface area contributed by atoms with Crippen LogP contribution in [0.1, 0.15) is 5.56 Å². The van der Waals surface area contributed by atoms with Crippen molar-refractivity contribution in [3.63, 3.8) is 0 Å². The molecule has 1 N–H and O–H groups in total. The molecule has 0 saturated carbocycles. The Kier molecular flexibility index (Phi) is 6.59. The minimum Gasteiger partial charge on any atom is -0.493 e. The Hall–Kier alpha value is -1.68. The van der Waals surface area contributed by atoms with Crippen LogP contribution in [0.4, 0.5) is 0 Å². The number of hydrogen-bond acceptors (Lipinski definition) is 6. The number of benzene rings is 2. The van der Waals surface area contributed by atoms with Crippen LogP contribution in [0.5, 0.6) is 23.0 Å². The SMILES string of the molecule is COc1cc(Br)c(S(=O)(=O)NCCc2cc(Cl)c3c(c2)OCCO3)cc1OC. The van der Waals surface area contributed by atoms with Gasteiger partial charge in [-0.25, -0.2) is 13.1 Å². The quantitative estimate of drug-likeness (QED) is 0.638. The Morgan fingerprint density at radius 2 is 1.79 bits per heavy atom. The molecular weight excluding hydrogens is 474 g/mol. The number of rotatable bonds is 7. The van der Waals surface area contributed by atoms with Gasteiger partial charge in [-0.05, 0) is 46.1 Å². The smallest absolute Gasteiger partial charge is 0.241 e. The molecule has 0 amide bonds. The van der Waals surface area contributed by atoms with Crippen molar-refractivity contribution in [2.75, 3.05) is 34.0 Å². The van der Waals surface area contributed by atoms with Crippen molar-refractivity contribution >= 4 is 37.6 Å². The number of fused-ring (bicyclic) bond motifs is 1. The fraction of sp³-hybridized carbons (Fsp3) is 0.333. The summed E-state index contributed by atoms with van der Waals surface area (Å²) in [5, 5.41) is 0.442. The van der Waals surface area contributed by atoms with E-state index in [1.165, 1.54) is 20.3 Å². The summed E-state index contributed by atoms with van der Waals surface area (Å²) in [6, 6.07) is 6.51. The molecule has 10 heteroatoms. The molecule has 0 saturated heterocycles. The molecule has 152 valence electrons. The van der Waals surface area contributed by atoms with E-state index in [0.29, 0.717) is 52.1 Å². The van der Waals surface area contributed by atoms with Crippen molar-refractivity contribution in [2.45, 2.75) is 11.3 Å². The van der Waals surface area contributed by atoms with Crippen molar-refractivity contribution in [3.8, 4) is 23.0 Å². The van der Waals surface area contributed by atoms with E-state index in [9.17, 15) is 8.42 Å². The normalized spacial score (nSPS) is 13.3. The third kappa shape index (κ3) is 4.48. The van der Waals surface area contributed by atoms with Gasteiger partial charge in [-0.3, -0.25) is 0 Å². The first kappa shape index (κ1) is 21.0. The third-order valence-electron chi connectivity index (χ3n) is 4.09. The summed E-state index contributed by atoms with van der Waals surface area (Å²) in [6.45, 7) is 1.08. The molecule has 1 aliphatic rings. The maximum Gasteiger partial charge on any atom is 0.241 e. The number of nitrogens with one attached hydrogen (secondary N) is 1. The molecule has 0 aromatic heterocycles. The van der Waals surface area contributed by atoms with Crippen molar-refractivity contribution in [2.24, 2.45) is 0 Å². The number of sulfonamides is 1. The van der Waals surface area contributed by atoms with Crippen LogP contribution in [0.25, 0.3) is 0 Å². The first-order chi connectivity index (χ1) is 13.4. The summed E-state index contributed by atoms with van der Waals surface area (Å²) < 4.78 is 49.8. The van der Waals surface area contributed by atoms with Gasteiger partial charge >= 0.3 is 0 Å². The van der Waals surface area contributed by atoms with Crippen LogP contribution in [0.15, 0.2) is 33.6 Å². The number of ether oxygens (including phenoxy) is 4. The molecule has 0 radical (unpaired) electrons. The lowest BCUT2D eigenvalue weighted by Gasteiger charge is -2.20. The van der Waals surface area contributed by atoms with Crippen LogP contribution in [0.2, 0.25) is 5.02 Å². The zero-order chi connectivity index (χ0) is 20.3. The maximum atomic E-state index is 12.7. The lowest BCUT2D eigenvalue weighted by molar-refractivity contribution is 0.171.